The van der Waals surface area contributed by atoms with E-state index in [0.29, 0.717) is 10.8 Å². The lowest BCUT2D eigenvalue weighted by molar-refractivity contribution is 0.0841. The molecule has 0 saturated carbocycles. The van der Waals surface area contributed by atoms with Gasteiger partial charge in [0.15, 0.2) is 11.4 Å². The van der Waals surface area contributed by atoms with Gasteiger partial charge in [0, 0.05) is 18.1 Å². The van der Waals surface area contributed by atoms with Crippen molar-refractivity contribution in [3.05, 3.63) is 57.8 Å². The van der Waals surface area contributed by atoms with Crippen LogP contribution in [0.3, 0.4) is 0 Å². The number of H-pyrrole nitrogens is 1. The third-order valence-electron chi connectivity index (χ3n) is 3.84. The molecule has 0 aliphatic rings. The van der Waals surface area contributed by atoms with Crippen LogP contribution in [-0.2, 0) is 13.5 Å². The highest BCUT2D eigenvalue weighted by Gasteiger charge is 2.17. The maximum atomic E-state index is 12.4. The molecule has 2 aromatic heterocycles. The number of hydrogen-bond donors (Lipinski definition) is 3. The van der Waals surface area contributed by atoms with Crippen LogP contribution in [0.5, 0.6) is 0 Å². The Hall–Kier alpha value is -3.49. The number of fused-ring (bicyclic) bond motifs is 1. The van der Waals surface area contributed by atoms with Crippen molar-refractivity contribution in [2.75, 3.05) is 0 Å². The third kappa shape index (κ3) is 3.32. The van der Waals surface area contributed by atoms with Crippen LogP contribution < -0.4 is 16.4 Å². The van der Waals surface area contributed by atoms with E-state index in [4.69, 9.17) is 0 Å². The summed E-state index contributed by atoms with van der Waals surface area (Å²) in [7, 11) is 1.46. The fourth-order valence-corrected chi connectivity index (χ4v) is 2.58. The van der Waals surface area contributed by atoms with Crippen LogP contribution in [0.2, 0.25) is 0 Å². The predicted octanol–water partition coefficient (Wildman–Crippen LogP) is 0.684. The molecule has 0 fully saturated rings. The van der Waals surface area contributed by atoms with Crippen LogP contribution in [0, 0.1) is 0 Å². The maximum absolute atomic E-state index is 12.4. The number of nitrogens with one attached hydrogen (secondary N) is 3. The Bertz CT molecular complexity index is 1040. The zero-order chi connectivity index (χ0) is 18.7. The lowest BCUT2D eigenvalue weighted by Crippen LogP contribution is -2.42. The number of carbonyl (C=O) groups excluding carboxylic acids is 2. The molecule has 3 rings (SSSR count). The smallest absolute Gasteiger partial charge is 0.282 e. The van der Waals surface area contributed by atoms with Crippen molar-refractivity contribution in [3.8, 4) is 0 Å². The van der Waals surface area contributed by atoms with Gasteiger partial charge in [-0.25, -0.2) is 4.68 Å². The summed E-state index contributed by atoms with van der Waals surface area (Å²) in [5.41, 5.74) is 5.36. The Morgan fingerprint density at radius 3 is 2.58 bits per heavy atom. The van der Waals surface area contributed by atoms with E-state index >= 15 is 0 Å². The second kappa shape index (κ2) is 7.18. The Balaban J connectivity index is 1.78. The monoisotopic (exact) mass is 354 g/mol. The van der Waals surface area contributed by atoms with E-state index in [0.717, 1.165) is 23.2 Å². The van der Waals surface area contributed by atoms with Crippen LogP contribution >= 0.6 is 0 Å². The molecule has 0 saturated heterocycles. The zero-order valence-corrected chi connectivity index (χ0v) is 14.4. The molecule has 2 amide bonds. The van der Waals surface area contributed by atoms with Gasteiger partial charge in [-0.3, -0.25) is 30.3 Å². The molecule has 0 radical (unpaired) electrons. The molecule has 0 atom stereocenters. The van der Waals surface area contributed by atoms with Crippen molar-refractivity contribution < 1.29 is 9.59 Å². The summed E-state index contributed by atoms with van der Waals surface area (Å²) in [5, 5.41) is 11.5. The van der Waals surface area contributed by atoms with E-state index in [-0.39, 0.29) is 16.9 Å². The van der Waals surface area contributed by atoms with Gasteiger partial charge in [0.1, 0.15) is 0 Å². The van der Waals surface area contributed by atoms with Gasteiger partial charge < -0.3 is 0 Å². The molecular weight excluding hydrogens is 336 g/mol. The fourth-order valence-electron chi connectivity index (χ4n) is 2.58. The molecule has 134 valence electrons. The van der Waals surface area contributed by atoms with Gasteiger partial charge in [-0.1, -0.05) is 31.5 Å². The quantitative estimate of drug-likeness (QED) is 0.595. The fraction of sp³-hybridized carbons (Fsp3) is 0.235. The summed E-state index contributed by atoms with van der Waals surface area (Å²) in [6.45, 7) is 2.02. The van der Waals surface area contributed by atoms with Crippen molar-refractivity contribution in [1.82, 2.24) is 30.8 Å². The first-order valence-corrected chi connectivity index (χ1v) is 8.12. The minimum atomic E-state index is -0.630. The number of amides is 2. The topological polar surface area (TPSA) is 122 Å². The van der Waals surface area contributed by atoms with Gasteiger partial charge in [0.25, 0.3) is 17.4 Å². The molecule has 0 unspecified atom stereocenters. The first kappa shape index (κ1) is 17.3. The molecule has 26 heavy (non-hydrogen) atoms. The number of rotatable bonds is 4. The SMILES string of the molecule is CCCc1cc(C(=O)NNC(=O)c2nn(C)c(=O)c3ccccc23)n[nH]1. The zero-order valence-electron chi connectivity index (χ0n) is 14.4. The van der Waals surface area contributed by atoms with Gasteiger partial charge in [0.2, 0.25) is 0 Å². The molecule has 3 N–H and O–H groups in total. The van der Waals surface area contributed by atoms with Gasteiger partial charge in [0.05, 0.1) is 5.39 Å². The lowest BCUT2D eigenvalue weighted by Gasteiger charge is -2.09. The van der Waals surface area contributed by atoms with E-state index in [1.165, 1.54) is 7.05 Å². The van der Waals surface area contributed by atoms with E-state index in [1.54, 1.807) is 30.3 Å². The molecule has 1 aromatic carbocycles. The predicted molar refractivity (Wildman–Crippen MR) is 94.5 cm³/mol. The van der Waals surface area contributed by atoms with E-state index in [9.17, 15) is 14.4 Å². The molecule has 0 aliphatic heterocycles. The van der Waals surface area contributed by atoms with Crippen molar-refractivity contribution in [1.29, 1.82) is 0 Å². The molecule has 0 bridgehead atoms. The molecule has 2 heterocycles. The van der Waals surface area contributed by atoms with Gasteiger partial charge in [-0.2, -0.15) is 10.2 Å². The Kier molecular flexibility index (Phi) is 4.78. The number of aryl methyl sites for hydroxylation is 2. The van der Waals surface area contributed by atoms with Crippen LogP contribution in [0.15, 0.2) is 35.1 Å². The standard InChI is InChI=1S/C17H18N6O3/c1-3-6-10-9-13(19-18-10)15(24)20-21-16(25)14-11-7-4-5-8-12(11)17(26)23(2)22-14/h4-5,7-9H,3,6H2,1-2H3,(H,18,19)(H,20,24)(H,21,25). The van der Waals surface area contributed by atoms with Gasteiger partial charge in [-0.15, -0.1) is 0 Å². The largest absolute Gasteiger partial charge is 0.290 e. The minimum Gasteiger partial charge on any atom is -0.282 e. The summed E-state index contributed by atoms with van der Waals surface area (Å²) in [4.78, 5) is 36.6. The maximum Gasteiger partial charge on any atom is 0.290 e. The summed E-state index contributed by atoms with van der Waals surface area (Å²) >= 11 is 0. The van der Waals surface area contributed by atoms with Crippen LogP contribution in [0.25, 0.3) is 10.8 Å². The number of benzene rings is 1. The van der Waals surface area contributed by atoms with Crippen molar-refractivity contribution >= 4 is 22.6 Å². The molecule has 0 spiro atoms. The van der Waals surface area contributed by atoms with Gasteiger partial charge in [-0.05, 0) is 18.6 Å². The Labute approximate surface area is 148 Å². The Morgan fingerprint density at radius 2 is 1.85 bits per heavy atom. The highest BCUT2D eigenvalue weighted by Crippen LogP contribution is 2.12. The lowest BCUT2D eigenvalue weighted by atomic mass is 10.1. The normalized spacial score (nSPS) is 10.7. The van der Waals surface area contributed by atoms with Crippen LogP contribution in [0.4, 0.5) is 0 Å². The molecule has 9 heteroatoms. The molecule has 0 aliphatic carbocycles. The number of aromatic nitrogens is 4. The first-order valence-electron chi connectivity index (χ1n) is 8.12. The average molecular weight is 354 g/mol. The number of carbonyl (C=O) groups is 2. The Morgan fingerprint density at radius 1 is 1.15 bits per heavy atom. The summed E-state index contributed by atoms with van der Waals surface area (Å²) in [5.74, 6) is -1.18. The molecule has 9 nitrogen and oxygen atoms in total. The molecule has 3 aromatic rings. The van der Waals surface area contributed by atoms with Crippen molar-refractivity contribution in [2.45, 2.75) is 19.8 Å². The summed E-state index contributed by atoms with van der Waals surface area (Å²) < 4.78 is 1.09. The third-order valence-corrected chi connectivity index (χ3v) is 3.84. The number of aromatic amines is 1. The van der Waals surface area contributed by atoms with Gasteiger partial charge >= 0.3 is 0 Å². The second-order valence-corrected chi connectivity index (χ2v) is 5.76. The van der Waals surface area contributed by atoms with Crippen LogP contribution in [0.1, 0.15) is 40.0 Å². The highest BCUT2D eigenvalue weighted by molar-refractivity contribution is 6.05. The van der Waals surface area contributed by atoms with Crippen molar-refractivity contribution in [3.63, 3.8) is 0 Å². The second-order valence-electron chi connectivity index (χ2n) is 5.76. The van der Waals surface area contributed by atoms with E-state index in [2.05, 4.69) is 26.1 Å². The van der Waals surface area contributed by atoms with Crippen LogP contribution in [-0.4, -0.2) is 31.8 Å². The number of hydrazine groups is 1. The van der Waals surface area contributed by atoms with E-state index in [1.807, 2.05) is 6.92 Å². The average Bonchev–Trinajstić information content (AvgIpc) is 3.11. The number of hydrogen-bond acceptors (Lipinski definition) is 5. The summed E-state index contributed by atoms with van der Waals surface area (Å²) in [6, 6.07) is 8.29. The highest BCUT2D eigenvalue weighted by atomic mass is 16.2. The minimum absolute atomic E-state index is 0.0386. The summed E-state index contributed by atoms with van der Waals surface area (Å²) in [6.07, 6.45) is 1.70. The number of nitrogens with zero attached hydrogens (tertiary/aromatic N) is 3. The van der Waals surface area contributed by atoms with Crippen molar-refractivity contribution in [2.24, 2.45) is 7.05 Å². The molecular formula is C17H18N6O3. The van der Waals surface area contributed by atoms with E-state index < -0.39 is 11.8 Å². The first-order chi connectivity index (χ1) is 12.5.